The lowest BCUT2D eigenvalue weighted by molar-refractivity contribution is 0.101. The van der Waals surface area contributed by atoms with E-state index >= 15 is 0 Å². The molecule has 2 fully saturated rings. The van der Waals surface area contributed by atoms with E-state index in [1.807, 2.05) is 13.8 Å². The molecular formula is C22H26N6O3S. The van der Waals surface area contributed by atoms with Crippen molar-refractivity contribution in [3.8, 4) is 0 Å². The van der Waals surface area contributed by atoms with E-state index in [4.69, 9.17) is 0 Å². The molecule has 2 aliphatic carbocycles. The lowest BCUT2D eigenvalue weighted by atomic mass is 9.84. The predicted octanol–water partition coefficient (Wildman–Crippen LogP) is 2.79. The first-order valence-electron chi connectivity index (χ1n) is 10.9. The molecule has 3 aromatic rings. The summed E-state index contributed by atoms with van der Waals surface area (Å²) in [6, 6.07) is 7.80. The van der Waals surface area contributed by atoms with Gasteiger partial charge in [0.25, 0.3) is 11.7 Å². The van der Waals surface area contributed by atoms with Crippen molar-refractivity contribution in [3.63, 3.8) is 0 Å². The van der Waals surface area contributed by atoms with Crippen LogP contribution in [-0.2, 0) is 10.0 Å². The number of rotatable bonds is 6. The summed E-state index contributed by atoms with van der Waals surface area (Å²) in [6.45, 7) is 3.81. The summed E-state index contributed by atoms with van der Waals surface area (Å²) in [7, 11) is -3.63. The molecule has 5 rings (SSSR count). The summed E-state index contributed by atoms with van der Waals surface area (Å²) < 4.78 is 30.1. The second-order valence-corrected chi connectivity index (χ2v) is 10.7. The summed E-state index contributed by atoms with van der Waals surface area (Å²) in [5.41, 5.74) is 1.27. The highest BCUT2D eigenvalue weighted by atomic mass is 32.2. The number of hydrogen-bond acceptors (Lipinski definition) is 6. The van der Waals surface area contributed by atoms with Crippen LogP contribution in [0.5, 0.6) is 0 Å². The van der Waals surface area contributed by atoms with Gasteiger partial charge in [-0.25, -0.2) is 22.6 Å². The molecule has 0 radical (unpaired) electrons. The van der Waals surface area contributed by atoms with Crippen molar-refractivity contribution in [3.05, 3.63) is 48.0 Å². The minimum Gasteiger partial charge on any atom is -0.319 e. The van der Waals surface area contributed by atoms with Crippen LogP contribution in [0.25, 0.3) is 5.78 Å². The number of hydrogen-bond donors (Lipinski definition) is 2. The third kappa shape index (κ3) is 3.88. The molecule has 2 saturated carbocycles. The number of aromatic nitrogens is 4. The highest BCUT2D eigenvalue weighted by Gasteiger charge is 2.42. The van der Waals surface area contributed by atoms with Crippen LogP contribution in [0.1, 0.15) is 48.9 Å². The van der Waals surface area contributed by atoms with E-state index in [2.05, 4.69) is 25.1 Å². The molecule has 2 aliphatic rings. The summed E-state index contributed by atoms with van der Waals surface area (Å²) >= 11 is 0. The molecule has 10 heteroatoms. The van der Waals surface area contributed by atoms with Crippen molar-refractivity contribution in [1.82, 2.24) is 24.3 Å². The molecule has 9 nitrogen and oxygen atoms in total. The van der Waals surface area contributed by atoms with Gasteiger partial charge in [0.2, 0.25) is 15.8 Å². The van der Waals surface area contributed by atoms with Gasteiger partial charge in [-0.3, -0.25) is 4.79 Å². The number of aryl methyl sites for hydroxylation is 1. The average molecular weight is 455 g/mol. The Hall–Kier alpha value is -2.85. The second-order valence-electron chi connectivity index (χ2n) is 8.96. The van der Waals surface area contributed by atoms with Crippen LogP contribution in [0, 0.1) is 24.7 Å². The summed E-state index contributed by atoms with van der Waals surface area (Å²) in [5, 5.41) is 6.88. The van der Waals surface area contributed by atoms with E-state index in [0.29, 0.717) is 23.3 Å². The fraction of sp³-hybridized carbons (Fsp3) is 0.455. The Bertz CT molecular complexity index is 1270. The molecule has 2 N–H and O–H groups in total. The normalized spacial score (nSPS) is 23.5. The van der Waals surface area contributed by atoms with E-state index in [1.54, 1.807) is 24.4 Å². The fourth-order valence-corrected chi connectivity index (χ4v) is 6.51. The second kappa shape index (κ2) is 7.93. The number of amides is 1. The van der Waals surface area contributed by atoms with Crippen LogP contribution in [0.2, 0.25) is 0 Å². The van der Waals surface area contributed by atoms with Crippen LogP contribution in [0.15, 0.2) is 41.4 Å². The first kappa shape index (κ1) is 21.0. The number of fused-ring (bicyclic) bond motifs is 3. The average Bonchev–Trinajstić information content (AvgIpc) is 3.50. The van der Waals surface area contributed by atoms with Gasteiger partial charge in [-0.2, -0.15) is 4.98 Å². The lowest BCUT2D eigenvalue weighted by Gasteiger charge is -2.28. The smallest absolute Gasteiger partial charge is 0.295 e. The largest absolute Gasteiger partial charge is 0.319 e. The molecule has 0 saturated heterocycles. The Balaban J connectivity index is 1.25. The van der Waals surface area contributed by atoms with Crippen LogP contribution in [0.3, 0.4) is 0 Å². The third-order valence-corrected chi connectivity index (χ3v) is 8.41. The molecule has 4 atom stereocenters. The summed E-state index contributed by atoms with van der Waals surface area (Å²) in [4.78, 5) is 20.9. The van der Waals surface area contributed by atoms with Crippen molar-refractivity contribution >= 4 is 27.4 Å². The third-order valence-electron chi connectivity index (χ3n) is 6.83. The Labute approximate surface area is 186 Å². The highest BCUT2D eigenvalue weighted by molar-refractivity contribution is 7.89. The molecule has 1 aromatic carbocycles. The monoisotopic (exact) mass is 454 g/mol. The van der Waals surface area contributed by atoms with Gasteiger partial charge in [-0.15, -0.1) is 5.10 Å². The van der Waals surface area contributed by atoms with Gasteiger partial charge in [-0.1, -0.05) is 6.42 Å². The van der Waals surface area contributed by atoms with Gasteiger partial charge < -0.3 is 5.32 Å². The van der Waals surface area contributed by atoms with Crippen molar-refractivity contribution in [2.45, 2.75) is 50.5 Å². The van der Waals surface area contributed by atoms with Crippen LogP contribution >= 0.6 is 0 Å². The zero-order valence-corrected chi connectivity index (χ0v) is 18.8. The zero-order valence-electron chi connectivity index (χ0n) is 18.0. The van der Waals surface area contributed by atoms with Crippen molar-refractivity contribution in [1.29, 1.82) is 0 Å². The number of anilines is 1. The SMILES string of the molecule is Cc1ccnc2nc(C(=O)Nc3ccc(S(=O)(=O)N[C@H](C)[C@H]4C[C@H]5CC[C@H]4C5)cc3)nn12. The maximum Gasteiger partial charge on any atom is 0.295 e. The topological polar surface area (TPSA) is 118 Å². The molecule has 2 bridgehead atoms. The predicted molar refractivity (Wildman–Crippen MR) is 119 cm³/mol. The lowest BCUT2D eigenvalue weighted by Crippen LogP contribution is -2.40. The number of nitrogens with zero attached hydrogens (tertiary/aromatic N) is 4. The zero-order chi connectivity index (χ0) is 22.5. The first-order valence-corrected chi connectivity index (χ1v) is 12.4. The minimum atomic E-state index is -3.63. The number of carbonyl (C=O) groups excluding carboxylic acids is 1. The Morgan fingerprint density at radius 2 is 1.94 bits per heavy atom. The standard InChI is InChI=1S/C22H26N6O3S/c1-13-9-10-23-22-25-20(26-28(13)22)21(29)24-17-5-7-18(8-6-17)32(30,31)27-14(2)19-12-15-3-4-16(19)11-15/h5-10,14-16,19,27H,3-4,11-12H2,1-2H3,(H,24,29)/t14-,15+,16+,19-/m1/s1. The Morgan fingerprint density at radius 3 is 2.59 bits per heavy atom. The molecule has 168 valence electrons. The van der Waals surface area contributed by atoms with Gasteiger partial charge in [0.05, 0.1) is 4.90 Å². The Morgan fingerprint density at radius 1 is 1.16 bits per heavy atom. The molecule has 1 amide bonds. The van der Waals surface area contributed by atoms with Crippen LogP contribution in [0.4, 0.5) is 5.69 Å². The molecule has 0 aliphatic heterocycles. The van der Waals surface area contributed by atoms with Gasteiger partial charge in [0.1, 0.15) is 0 Å². The highest BCUT2D eigenvalue weighted by Crippen LogP contribution is 2.49. The van der Waals surface area contributed by atoms with E-state index in [0.717, 1.165) is 18.0 Å². The van der Waals surface area contributed by atoms with E-state index < -0.39 is 15.9 Å². The van der Waals surface area contributed by atoms with E-state index in [-0.39, 0.29) is 16.8 Å². The Kier molecular flexibility index (Phi) is 5.21. The molecule has 32 heavy (non-hydrogen) atoms. The fourth-order valence-electron chi connectivity index (χ4n) is 5.21. The number of nitrogens with one attached hydrogen (secondary N) is 2. The molecule has 2 aromatic heterocycles. The maximum atomic E-state index is 12.9. The van der Waals surface area contributed by atoms with Gasteiger partial charge in [-0.05, 0) is 81.2 Å². The van der Waals surface area contributed by atoms with Crippen molar-refractivity contribution in [2.75, 3.05) is 5.32 Å². The van der Waals surface area contributed by atoms with E-state index in [1.165, 1.54) is 35.9 Å². The van der Waals surface area contributed by atoms with Crippen molar-refractivity contribution < 1.29 is 13.2 Å². The number of benzene rings is 1. The van der Waals surface area contributed by atoms with Gasteiger partial charge in [0.15, 0.2) is 0 Å². The molecule has 2 heterocycles. The maximum absolute atomic E-state index is 12.9. The number of sulfonamides is 1. The van der Waals surface area contributed by atoms with Gasteiger partial charge in [0, 0.05) is 23.6 Å². The minimum absolute atomic E-state index is 0.00940. The molecule has 0 unspecified atom stereocenters. The molecule has 0 spiro atoms. The first-order chi connectivity index (χ1) is 15.3. The summed E-state index contributed by atoms with van der Waals surface area (Å²) in [6.07, 6.45) is 6.46. The van der Waals surface area contributed by atoms with Gasteiger partial charge >= 0.3 is 0 Å². The van der Waals surface area contributed by atoms with Crippen LogP contribution < -0.4 is 10.0 Å². The van der Waals surface area contributed by atoms with Crippen molar-refractivity contribution in [2.24, 2.45) is 17.8 Å². The number of carbonyl (C=O) groups is 1. The quantitative estimate of drug-likeness (QED) is 0.591. The molecular weight excluding hydrogens is 428 g/mol. The van der Waals surface area contributed by atoms with E-state index in [9.17, 15) is 13.2 Å². The van der Waals surface area contributed by atoms with Crippen LogP contribution in [-0.4, -0.2) is 39.9 Å². The summed E-state index contributed by atoms with van der Waals surface area (Å²) in [5.74, 6) is 1.66.